The number of carbonyl (C=O) groups is 1. The van der Waals surface area contributed by atoms with E-state index in [-0.39, 0.29) is 12.6 Å². The summed E-state index contributed by atoms with van der Waals surface area (Å²) in [4.78, 5) is 11.8. The molecule has 0 amide bonds. The molecule has 1 aromatic carbocycles. The quantitative estimate of drug-likeness (QED) is 0.836. The van der Waals surface area contributed by atoms with Crippen LogP contribution in [0, 0.1) is 5.92 Å². The molecular formula is C13H15F3N2O2. The number of hydrogen-bond acceptors (Lipinski definition) is 4. The van der Waals surface area contributed by atoms with Gasteiger partial charge >= 0.3 is 12.1 Å². The van der Waals surface area contributed by atoms with Crippen LogP contribution in [0.4, 0.5) is 13.2 Å². The zero-order valence-corrected chi connectivity index (χ0v) is 10.8. The van der Waals surface area contributed by atoms with E-state index in [2.05, 4.69) is 10.9 Å². The minimum atomic E-state index is -4.36. The van der Waals surface area contributed by atoms with Gasteiger partial charge in [0.05, 0.1) is 24.1 Å². The normalized spacial score (nSPS) is 22.8. The SMILES string of the molecule is CCOC(=O)C1CNNC1c1ccc(C(F)(F)F)cc1. The van der Waals surface area contributed by atoms with Crippen molar-refractivity contribution in [3.63, 3.8) is 0 Å². The molecule has 0 aliphatic carbocycles. The fourth-order valence-corrected chi connectivity index (χ4v) is 2.16. The van der Waals surface area contributed by atoms with Gasteiger partial charge in [0, 0.05) is 6.54 Å². The highest BCUT2D eigenvalue weighted by atomic mass is 19.4. The van der Waals surface area contributed by atoms with Gasteiger partial charge in [-0.3, -0.25) is 10.2 Å². The van der Waals surface area contributed by atoms with Crippen LogP contribution in [0.25, 0.3) is 0 Å². The summed E-state index contributed by atoms with van der Waals surface area (Å²) in [5, 5.41) is 0. The van der Waals surface area contributed by atoms with Crippen LogP contribution < -0.4 is 10.9 Å². The van der Waals surface area contributed by atoms with E-state index in [0.717, 1.165) is 12.1 Å². The van der Waals surface area contributed by atoms with Crippen molar-refractivity contribution in [2.75, 3.05) is 13.2 Å². The molecule has 1 aliphatic rings. The predicted octanol–water partition coefficient (Wildman–Crippen LogP) is 2.03. The van der Waals surface area contributed by atoms with Crippen molar-refractivity contribution in [1.82, 2.24) is 10.9 Å². The highest BCUT2D eigenvalue weighted by Crippen LogP contribution is 2.32. The number of esters is 1. The number of alkyl halides is 3. The molecule has 0 radical (unpaired) electrons. The van der Waals surface area contributed by atoms with E-state index in [4.69, 9.17) is 4.74 Å². The number of benzene rings is 1. The summed E-state index contributed by atoms with van der Waals surface area (Å²) in [7, 11) is 0. The molecule has 1 aromatic rings. The van der Waals surface area contributed by atoms with Gasteiger partial charge in [0.25, 0.3) is 0 Å². The number of rotatable bonds is 3. The number of hydrazine groups is 1. The first kappa shape index (κ1) is 14.8. The van der Waals surface area contributed by atoms with Gasteiger partial charge < -0.3 is 4.74 Å². The lowest BCUT2D eigenvalue weighted by Crippen LogP contribution is -2.27. The maximum atomic E-state index is 12.5. The van der Waals surface area contributed by atoms with Crippen LogP contribution in [0.3, 0.4) is 0 Å². The fraction of sp³-hybridized carbons (Fsp3) is 0.462. The zero-order chi connectivity index (χ0) is 14.8. The van der Waals surface area contributed by atoms with Crippen molar-refractivity contribution >= 4 is 5.97 Å². The first-order valence-electron chi connectivity index (χ1n) is 6.25. The number of nitrogens with one attached hydrogen (secondary N) is 2. The molecule has 2 N–H and O–H groups in total. The van der Waals surface area contributed by atoms with Gasteiger partial charge in [-0.2, -0.15) is 13.2 Å². The van der Waals surface area contributed by atoms with Crippen molar-refractivity contribution in [2.45, 2.75) is 19.1 Å². The van der Waals surface area contributed by atoms with Crippen molar-refractivity contribution in [3.8, 4) is 0 Å². The number of halogens is 3. The Hall–Kier alpha value is -1.60. The molecular weight excluding hydrogens is 273 g/mol. The molecule has 1 fully saturated rings. The van der Waals surface area contributed by atoms with Crippen molar-refractivity contribution in [1.29, 1.82) is 0 Å². The average molecular weight is 288 g/mol. The maximum Gasteiger partial charge on any atom is 0.416 e. The summed E-state index contributed by atoms with van der Waals surface area (Å²) in [6.07, 6.45) is -4.36. The van der Waals surface area contributed by atoms with Gasteiger partial charge in [-0.25, -0.2) is 5.43 Å². The molecule has 1 aliphatic heterocycles. The van der Waals surface area contributed by atoms with Crippen molar-refractivity contribution in [3.05, 3.63) is 35.4 Å². The Balaban J connectivity index is 2.16. The molecule has 1 saturated heterocycles. The van der Waals surface area contributed by atoms with Crippen LogP contribution in [0.2, 0.25) is 0 Å². The topological polar surface area (TPSA) is 50.4 Å². The van der Waals surface area contributed by atoms with E-state index < -0.39 is 23.7 Å². The Bertz CT molecular complexity index is 473. The van der Waals surface area contributed by atoms with Crippen LogP contribution in [-0.2, 0) is 15.7 Å². The minimum absolute atomic E-state index is 0.273. The highest BCUT2D eigenvalue weighted by molar-refractivity contribution is 5.74. The molecule has 2 atom stereocenters. The van der Waals surface area contributed by atoms with E-state index in [1.807, 2.05) is 0 Å². The maximum absolute atomic E-state index is 12.5. The Kier molecular flexibility index (Phi) is 4.29. The van der Waals surface area contributed by atoms with Crippen molar-refractivity contribution < 1.29 is 22.7 Å². The molecule has 0 aromatic heterocycles. The second-order valence-electron chi connectivity index (χ2n) is 4.48. The lowest BCUT2D eigenvalue weighted by atomic mass is 9.94. The Morgan fingerprint density at radius 2 is 2.00 bits per heavy atom. The summed E-state index contributed by atoms with van der Waals surface area (Å²) < 4.78 is 42.5. The molecule has 2 unspecified atom stereocenters. The van der Waals surface area contributed by atoms with Crippen molar-refractivity contribution in [2.24, 2.45) is 5.92 Å². The molecule has 2 rings (SSSR count). The van der Waals surface area contributed by atoms with Gasteiger partial charge in [-0.1, -0.05) is 12.1 Å². The molecule has 4 nitrogen and oxygen atoms in total. The Labute approximate surface area is 114 Å². The average Bonchev–Trinajstić information content (AvgIpc) is 2.87. The van der Waals surface area contributed by atoms with E-state index in [1.165, 1.54) is 12.1 Å². The lowest BCUT2D eigenvalue weighted by Gasteiger charge is -2.18. The van der Waals surface area contributed by atoms with Crippen LogP contribution in [0.1, 0.15) is 24.1 Å². The summed E-state index contributed by atoms with van der Waals surface area (Å²) in [6.45, 7) is 2.36. The van der Waals surface area contributed by atoms with Crippen LogP contribution >= 0.6 is 0 Å². The molecule has 110 valence electrons. The minimum Gasteiger partial charge on any atom is -0.466 e. The van der Waals surface area contributed by atoms with Gasteiger partial charge in [0.1, 0.15) is 0 Å². The molecule has 20 heavy (non-hydrogen) atoms. The zero-order valence-electron chi connectivity index (χ0n) is 10.8. The lowest BCUT2D eigenvalue weighted by molar-refractivity contribution is -0.148. The smallest absolute Gasteiger partial charge is 0.416 e. The van der Waals surface area contributed by atoms with Crippen LogP contribution in [0.5, 0.6) is 0 Å². The number of hydrogen-bond donors (Lipinski definition) is 2. The molecule has 7 heteroatoms. The highest BCUT2D eigenvalue weighted by Gasteiger charge is 2.36. The van der Waals surface area contributed by atoms with Gasteiger partial charge in [0.15, 0.2) is 0 Å². The van der Waals surface area contributed by atoms with Gasteiger partial charge in [-0.05, 0) is 24.6 Å². The van der Waals surface area contributed by atoms with Gasteiger partial charge in [-0.15, -0.1) is 0 Å². The summed E-state index contributed by atoms with van der Waals surface area (Å²) in [5.74, 6) is -0.818. The Morgan fingerprint density at radius 3 is 2.55 bits per heavy atom. The van der Waals surface area contributed by atoms with E-state index in [9.17, 15) is 18.0 Å². The second kappa shape index (κ2) is 5.80. The molecule has 1 heterocycles. The predicted molar refractivity (Wildman–Crippen MR) is 65.4 cm³/mol. The van der Waals surface area contributed by atoms with E-state index >= 15 is 0 Å². The standard InChI is InChI=1S/C13H15F3N2O2/c1-2-20-12(19)10-7-17-18-11(10)8-3-5-9(6-4-8)13(14,15)16/h3-6,10-11,17-18H,2,7H2,1H3. The van der Waals surface area contributed by atoms with Gasteiger partial charge in [0.2, 0.25) is 0 Å². The molecule has 0 spiro atoms. The number of carbonyl (C=O) groups excluding carboxylic acids is 1. The van der Waals surface area contributed by atoms with E-state index in [1.54, 1.807) is 6.92 Å². The van der Waals surface area contributed by atoms with E-state index in [0.29, 0.717) is 12.1 Å². The third-order valence-corrected chi connectivity index (χ3v) is 3.17. The van der Waals surface area contributed by atoms with Crippen LogP contribution in [-0.4, -0.2) is 19.1 Å². The Morgan fingerprint density at radius 1 is 1.35 bits per heavy atom. The monoisotopic (exact) mass is 288 g/mol. The summed E-state index contributed by atoms with van der Waals surface area (Å²) in [5.41, 5.74) is 5.62. The number of ether oxygens (including phenoxy) is 1. The van der Waals surface area contributed by atoms with Crippen LogP contribution in [0.15, 0.2) is 24.3 Å². The summed E-state index contributed by atoms with van der Waals surface area (Å²) in [6, 6.07) is 4.38. The third-order valence-electron chi connectivity index (χ3n) is 3.17. The molecule has 0 bridgehead atoms. The first-order valence-corrected chi connectivity index (χ1v) is 6.25. The fourth-order valence-electron chi connectivity index (χ4n) is 2.16. The third kappa shape index (κ3) is 3.10. The largest absolute Gasteiger partial charge is 0.466 e. The first-order chi connectivity index (χ1) is 9.43. The molecule has 0 saturated carbocycles. The summed E-state index contributed by atoms with van der Waals surface area (Å²) >= 11 is 0. The second-order valence-corrected chi connectivity index (χ2v) is 4.48.